The molecule has 1 aliphatic rings. The smallest absolute Gasteiger partial charge is 0.142 e. The molecule has 1 fully saturated rings. The van der Waals surface area contributed by atoms with Gasteiger partial charge in [0.1, 0.15) is 23.4 Å². The highest BCUT2D eigenvalue weighted by molar-refractivity contribution is 5.57. The number of aromatic nitrogens is 2. The van der Waals surface area contributed by atoms with Crippen LogP contribution >= 0.6 is 0 Å². The summed E-state index contributed by atoms with van der Waals surface area (Å²) < 4.78 is 0. The fourth-order valence-corrected chi connectivity index (χ4v) is 2.31. The van der Waals surface area contributed by atoms with E-state index in [4.69, 9.17) is 5.26 Å². The number of pyridine rings is 2. The molecule has 3 heterocycles. The summed E-state index contributed by atoms with van der Waals surface area (Å²) >= 11 is 0. The second-order valence-corrected chi connectivity index (χ2v) is 4.74. The first-order valence-electron chi connectivity index (χ1n) is 6.70. The van der Waals surface area contributed by atoms with E-state index in [2.05, 4.69) is 20.2 Å². The Hall–Kier alpha value is -2.61. The second kappa shape index (κ2) is 5.57. The summed E-state index contributed by atoms with van der Waals surface area (Å²) in [7, 11) is 0. The van der Waals surface area contributed by atoms with Crippen LogP contribution in [0.15, 0.2) is 36.5 Å². The van der Waals surface area contributed by atoms with Crippen molar-refractivity contribution in [1.29, 1.82) is 5.26 Å². The van der Waals surface area contributed by atoms with Crippen LogP contribution in [0.5, 0.6) is 0 Å². The second-order valence-electron chi connectivity index (χ2n) is 4.74. The Kier molecular flexibility index (Phi) is 3.46. The Balaban J connectivity index is 1.73. The lowest BCUT2D eigenvalue weighted by molar-refractivity contribution is 0.938. The van der Waals surface area contributed by atoms with Crippen LogP contribution in [0.1, 0.15) is 18.5 Å². The lowest BCUT2D eigenvalue weighted by Gasteiger charge is -2.16. The lowest BCUT2D eigenvalue weighted by Crippen LogP contribution is -2.18. The van der Waals surface area contributed by atoms with Crippen molar-refractivity contribution in [2.24, 2.45) is 0 Å². The van der Waals surface area contributed by atoms with E-state index in [1.54, 1.807) is 18.3 Å². The quantitative estimate of drug-likeness (QED) is 0.924. The summed E-state index contributed by atoms with van der Waals surface area (Å²) in [6.45, 7) is 2.18. The number of nitriles is 1. The van der Waals surface area contributed by atoms with E-state index in [0.29, 0.717) is 11.5 Å². The zero-order valence-electron chi connectivity index (χ0n) is 11.1. The van der Waals surface area contributed by atoms with Gasteiger partial charge in [-0.25, -0.2) is 9.97 Å². The molecule has 1 aliphatic heterocycles. The zero-order valence-corrected chi connectivity index (χ0v) is 11.1. The van der Waals surface area contributed by atoms with Crippen molar-refractivity contribution in [3.8, 4) is 6.07 Å². The van der Waals surface area contributed by atoms with Crippen LogP contribution in [0, 0.1) is 11.3 Å². The first-order valence-corrected chi connectivity index (χ1v) is 6.70. The Morgan fingerprint density at radius 1 is 1.15 bits per heavy atom. The maximum absolute atomic E-state index is 8.83. The van der Waals surface area contributed by atoms with Gasteiger partial charge in [-0.15, -0.1) is 0 Å². The third kappa shape index (κ3) is 2.69. The Morgan fingerprint density at radius 3 is 2.70 bits per heavy atom. The largest absolute Gasteiger partial charge is 0.357 e. The van der Waals surface area contributed by atoms with Crippen LogP contribution in [0.2, 0.25) is 0 Å². The van der Waals surface area contributed by atoms with Crippen LogP contribution < -0.4 is 10.2 Å². The fraction of sp³-hybridized carbons (Fsp3) is 0.267. The third-order valence-electron chi connectivity index (χ3n) is 3.31. The summed E-state index contributed by atoms with van der Waals surface area (Å²) in [4.78, 5) is 10.9. The summed E-state index contributed by atoms with van der Waals surface area (Å²) in [6.07, 6.45) is 4.29. The van der Waals surface area contributed by atoms with Gasteiger partial charge in [0.05, 0.1) is 11.9 Å². The molecule has 0 bridgehead atoms. The molecule has 2 aromatic rings. The SMILES string of the molecule is N#Cc1cccc(Nc2ccc(N3CCCC3)nc2)n1. The Labute approximate surface area is 117 Å². The third-order valence-corrected chi connectivity index (χ3v) is 3.31. The van der Waals surface area contributed by atoms with Gasteiger partial charge in [-0.1, -0.05) is 6.07 Å². The summed E-state index contributed by atoms with van der Waals surface area (Å²) in [6, 6.07) is 11.3. The molecule has 0 aliphatic carbocycles. The van der Waals surface area contributed by atoms with Gasteiger partial charge in [-0.2, -0.15) is 5.26 Å². The molecule has 0 unspecified atom stereocenters. The molecule has 1 N–H and O–H groups in total. The van der Waals surface area contributed by atoms with Crippen molar-refractivity contribution in [2.45, 2.75) is 12.8 Å². The first-order chi connectivity index (χ1) is 9.85. The number of rotatable bonds is 3. The molecule has 0 spiro atoms. The van der Waals surface area contributed by atoms with E-state index >= 15 is 0 Å². The average Bonchev–Trinajstić information content (AvgIpc) is 3.02. The molecule has 1 saturated heterocycles. The van der Waals surface area contributed by atoms with Crippen molar-refractivity contribution in [2.75, 3.05) is 23.3 Å². The molecule has 20 heavy (non-hydrogen) atoms. The van der Waals surface area contributed by atoms with Gasteiger partial charge in [0.25, 0.3) is 0 Å². The van der Waals surface area contributed by atoms with E-state index < -0.39 is 0 Å². The molecule has 0 radical (unpaired) electrons. The molecule has 0 aromatic carbocycles. The van der Waals surface area contributed by atoms with Crippen LogP contribution in [0.3, 0.4) is 0 Å². The van der Waals surface area contributed by atoms with Crippen molar-refractivity contribution in [3.05, 3.63) is 42.2 Å². The van der Waals surface area contributed by atoms with Gasteiger partial charge in [0.2, 0.25) is 0 Å². The first kappa shape index (κ1) is 12.4. The number of hydrogen-bond acceptors (Lipinski definition) is 5. The monoisotopic (exact) mass is 265 g/mol. The minimum atomic E-state index is 0.400. The van der Waals surface area contributed by atoms with Gasteiger partial charge < -0.3 is 10.2 Å². The number of nitrogens with one attached hydrogen (secondary N) is 1. The van der Waals surface area contributed by atoms with Crippen molar-refractivity contribution in [1.82, 2.24) is 9.97 Å². The Morgan fingerprint density at radius 2 is 2.00 bits per heavy atom. The molecular weight excluding hydrogens is 250 g/mol. The molecule has 5 heteroatoms. The van der Waals surface area contributed by atoms with Gasteiger partial charge in [-0.05, 0) is 37.1 Å². The van der Waals surface area contributed by atoms with E-state index in [0.717, 1.165) is 24.6 Å². The van der Waals surface area contributed by atoms with Gasteiger partial charge in [-0.3, -0.25) is 0 Å². The summed E-state index contributed by atoms with van der Waals surface area (Å²) in [5.41, 5.74) is 1.27. The van der Waals surface area contributed by atoms with Gasteiger partial charge >= 0.3 is 0 Å². The predicted octanol–water partition coefficient (Wildman–Crippen LogP) is 2.69. The van der Waals surface area contributed by atoms with Gasteiger partial charge in [0.15, 0.2) is 0 Å². The van der Waals surface area contributed by atoms with Crippen LogP contribution in [-0.2, 0) is 0 Å². The molecular formula is C15H15N5. The molecule has 3 rings (SSSR count). The summed E-state index contributed by atoms with van der Waals surface area (Å²) in [5, 5.41) is 12.0. The predicted molar refractivity (Wildman–Crippen MR) is 77.9 cm³/mol. The molecule has 0 saturated carbocycles. The van der Waals surface area contributed by atoms with Crippen molar-refractivity contribution < 1.29 is 0 Å². The topological polar surface area (TPSA) is 64.8 Å². The number of hydrogen-bond donors (Lipinski definition) is 1. The fourth-order valence-electron chi connectivity index (χ4n) is 2.31. The van der Waals surface area contributed by atoms with Crippen molar-refractivity contribution in [3.63, 3.8) is 0 Å². The number of anilines is 3. The van der Waals surface area contributed by atoms with Crippen LogP contribution in [0.4, 0.5) is 17.3 Å². The molecule has 2 aromatic heterocycles. The Bertz CT molecular complexity index is 623. The van der Waals surface area contributed by atoms with Crippen LogP contribution in [-0.4, -0.2) is 23.1 Å². The summed E-state index contributed by atoms with van der Waals surface area (Å²) in [5.74, 6) is 1.67. The van der Waals surface area contributed by atoms with Crippen LogP contribution in [0.25, 0.3) is 0 Å². The minimum Gasteiger partial charge on any atom is -0.357 e. The highest BCUT2D eigenvalue weighted by Crippen LogP contribution is 2.20. The molecule has 5 nitrogen and oxygen atoms in total. The maximum Gasteiger partial charge on any atom is 0.142 e. The standard InChI is InChI=1S/C15H15N5/c16-10-12-4-3-5-14(18-12)19-13-6-7-15(17-11-13)20-8-1-2-9-20/h3-7,11H,1-2,8-9H2,(H,18,19). The highest BCUT2D eigenvalue weighted by Gasteiger charge is 2.12. The zero-order chi connectivity index (χ0) is 13.8. The van der Waals surface area contributed by atoms with Gasteiger partial charge in [0, 0.05) is 13.1 Å². The van der Waals surface area contributed by atoms with E-state index in [1.165, 1.54) is 12.8 Å². The van der Waals surface area contributed by atoms with E-state index in [-0.39, 0.29) is 0 Å². The van der Waals surface area contributed by atoms with E-state index in [9.17, 15) is 0 Å². The number of nitrogens with zero attached hydrogens (tertiary/aromatic N) is 4. The normalized spacial score (nSPS) is 14.1. The lowest BCUT2D eigenvalue weighted by atomic mass is 10.3. The molecule has 100 valence electrons. The molecule has 0 atom stereocenters. The van der Waals surface area contributed by atoms with E-state index in [1.807, 2.05) is 24.3 Å². The molecule has 0 amide bonds. The minimum absolute atomic E-state index is 0.400. The maximum atomic E-state index is 8.83. The van der Waals surface area contributed by atoms with Crippen molar-refractivity contribution >= 4 is 17.3 Å². The highest BCUT2D eigenvalue weighted by atomic mass is 15.2. The average molecular weight is 265 g/mol.